The quantitative estimate of drug-likeness (QED) is 0.273. The van der Waals surface area contributed by atoms with Gasteiger partial charge in [-0.05, 0) is 64.4 Å². The molecule has 35 heavy (non-hydrogen) atoms. The molecule has 2 fully saturated rings. The van der Waals surface area contributed by atoms with Crippen LogP contribution in [-0.2, 0) is 16.8 Å². The lowest BCUT2D eigenvalue weighted by Crippen LogP contribution is -2.54. The normalized spacial score (nSPS) is 23.6. The number of thioether (sulfide) groups is 1. The summed E-state index contributed by atoms with van der Waals surface area (Å²) in [6.07, 6.45) is 10.0. The number of benzene rings is 2. The highest BCUT2D eigenvalue weighted by atomic mass is 32.2. The Morgan fingerprint density at radius 2 is 1.83 bits per heavy atom. The number of carbonyl (C=O) groups is 1. The van der Waals surface area contributed by atoms with Crippen molar-refractivity contribution in [3.8, 4) is 0 Å². The Hall–Kier alpha value is -2.30. The van der Waals surface area contributed by atoms with Gasteiger partial charge in [-0.15, -0.1) is 11.8 Å². The molecule has 0 spiro atoms. The lowest BCUT2D eigenvalue weighted by molar-refractivity contribution is -0.122. The largest absolute Gasteiger partial charge is 0.341 e. The van der Waals surface area contributed by atoms with Gasteiger partial charge in [0.25, 0.3) is 0 Å². The average molecular weight is 502 g/mol. The van der Waals surface area contributed by atoms with E-state index < -0.39 is 5.54 Å². The number of hydrogen-bond donors (Lipinski definition) is 1. The fourth-order valence-corrected chi connectivity index (χ4v) is 7.59. The van der Waals surface area contributed by atoms with Crippen LogP contribution in [0.1, 0.15) is 67.2 Å². The molecule has 2 unspecified atom stereocenters. The van der Waals surface area contributed by atoms with Gasteiger partial charge >= 0.3 is 0 Å². The van der Waals surface area contributed by atoms with E-state index in [1.54, 1.807) is 23.1 Å². The van der Waals surface area contributed by atoms with Gasteiger partial charge in [-0.2, -0.15) is 11.3 Å². The van der Waals surface area contributed by atoms with Gasteiger partial charge in [0.05, 0.1) is 5.54 Å². The Morgan fingerprint density at radius 3 is 2.54 bits per heavy atom. The topological polar surface area (TPSA) is 29.1 Å². The summed E-state index contributed by atoms with van der Waals surface area (Å²) in [4.78, 5) is 14.8. The molecule has 1 aliphatic heterocycles. The summed E-state index contributed by atoms with van der Waals surface area (Å²) in [5.41, 5.74) is 5.34. The number of carbonyl (C=O) groups excluding carboxylic acids is 1. The van der Waals surface area contributed by atoms with E-state index in [9.17, 15) is 4.79 Å². The molecule has 2 aliphatic rings. The zero-order chi connectivity index (χ0) is 24.3. The Labute approximate surface area is 218 Å². The van der Waals surface area contributed by atoms with Crippen LogP contribution >= 0.6 is 23.1 Å². The van der Waals surface area contributed by atoms with E-state index in [2.05, 4.69) is 72.0 Å². The molecule has 2 atom stereocenters. The highest BCUT2D eigenvalue weighted by Gasteiger charge is 2.45. The van der Waals surface area contributed by atoms with Crippen LogP contribution in [0.25, 0.3) is 0 Å². The lowest BCUT2D eigenvalue weighted by atomic mass is 9.75. The summed E-state index contributed by atoms with van der Waals surface area (Å²) in [7, 11) is 0. The number of amides is 1. The summed E-state index contributed by atoms with van der Waals surface area (Å²) >= 11 is 3.30. The number of piperidine rings is 1. The van der Waals surface area contributed by atoms with Crippen LogP contribution in [0.2, 0.25) is 0 Å². The number of hydrogen-bond acceptors (Lipinski definition) is 3. The second-order valence-corrected chi connectivity index (χ2v) is 12.2. The Balaban J connectivity index is 1.44. The van der Waals surface area contributed by atoms with Crippen LogP contribution in [0.15, 0.2) is 82.4 Å². The van der Waals surface area contributed by atoms with Crippen molar-refractivity contribution in [2.45, 2.75) is 74.0 Å². The minimum absolute atomic E-state index is 0.0508. The zero-order valence-electron chi connectivity index (χ0n) is 20.6. The molecule has 1 amide bonds. The van der Waals surface area contributed by atoms with Crippen LogP contribution in [0.3, 0.4) is 0 Å². The van der Waals surface area contributed by atoms with Crippen molar-refractivity contribution >= 4 is 29.0 Å². The third-order valence-electron chi connectivity index (χ3n) is 7.71. The molecule has 1 aliphatic carbocycles. The fourth-order valence-electron chi connectivity index (χ4n) is 5.78. The van der Waals surface area contributed by atoms with Crippen molar-refractivity contribution in [2.24, 2.45) is 5.92 Å². The molecule has 1 saturated heterocycles. The highest BCUT2D eigenvalue weighted by molar-refractivity contribution is 8.00. The van der Waals surface area contributed by atoms with Gasteiger partial charge in [-0.3, -0.25) is 4.79 Å². The Bertz CT molecular complexity index is 1160. The number of thiophene rings is 1. The van der Waals surface area contributed by atoms with E-state index in [0.717, 1.165) is 28.4 Å². The van der Waals surface area contributed by atoms with Crippen molar-refractivity contribution in [3.63, 3.8) is 0 Å². The minimum atomic E-state index is -0.559. The molecule has 182 valence electrons. The van der Waals surface area contributed by atoms with Gasteiger partial charge in [-0.25, -0.2) is 0 Å². The highest BCUT2D eigenvalue weighted by Crippen LogP contribution is 2.44. The Kier molecular flexibility index (Phi) is 7.50. The number of aryl methyl sites for hydroxylation is 1. The first kappa shape index (κ1) is 24.4. The van der Waals surface area contributed by atoms with Crippen molar-refractivity contribution in [1.82, 2.24) is 5.32 Å². The molecule has 1 N–H and O–H groups in total. The Morgan fingerprint density at radius 1 is 1.03 bits per heavy atom. The lowest BCUT2D eigenvalue weighted by Gasteiger charge is -2.42. The van der Waals surface area contributed by atoms with Gasteiger partial charge in [0.15, 0.2) is 0 Å². The number of nitrogens with one attached hydrogen (secondary N) is 1. The van der Waals surface area contributed by atoms with Crippen molar-refractivity contribution < 1.29 is 4.79 Å². The average Bonchev–Trinajstić information content (AvgIpc) is 3.29. The molecule has 2 aromatic carbocycles. The van der Waals surface area contributed by atoms with Crippen LogP contribution in [0, 0.1) is 12.8 Å². The molecule has 0 bridgehead atoms. The maximum Gasteiger partial charge on any atom is 0.238 e. The SMILES string of the molecule is C=C1CC(c2ccsc2)(c2cccc(CC3CCCCCC3)c2)NC(=O)C1Sc1ccccc1C. The molecule has 2 nitrogen and oxygen atoms in total. The molecule has 0 radical (unpaired) electrons. The van der Waals surface area contributed by atoms with E-state index in [4.69, 9.17) is 0 Å². The summed E-state index contributed by atoms with van der Waals surface area (Å²) < 4.78 is 0. The predicted octanol–water partition coefficient (Wildman–Crippen LogP) is 8.05. The van der Waals surface area contributed by atoms with Gasteiger partial charge < -0.3 is 5.32 Å². The van der Waals surface area contributed by atoms with Gasteiger partial charge in [-0.1, -0.05) is 93.1 Å². The van der Waals surface area contributed by atoms with Crippen molar-refractivity contribution in [3.05, 3.63) is 99.8 Å². The summed E-state index contributed by atoms with van der Waals surface area (Å²) in [5, 5.41) is 7.50. The van der Waals surface area contributed by atoms with Gasteiger partial charge in [0.2, 0.25) is 5.91 Å². The second kappa shape index (κ2) is 10.8. The first-order valence-corrected chi connectivity index (χ1v) is 14.7. The zero-order valence-corrected chi connectivity index (χ0v) is 22.2. The van der Waals surface area contributed by atoms with Gasteiger partial charge in [0.1, 0.15) is 5.25 Å². The summed E-state index contributed by atoms with van der Waals surface area (Å²) in [6.45, 7) is 6.55. The molecular formula is C31H35NOS2. The molecule has 1 saturated carbocycles. The summed E-state index contributed by atoms with van der Waals surface area (Å²) in [6, 6.07) is 19.4. The van der Waals surface area contributed by atoms with E-state index in [0.29, 0.717) is 6.42 Å². The maximum absolute atomic E-state index is 13.7. The van der Waals surface area contributed by atoms with Crippen molar-refractivity contribution in [1.29, 1.82) is 0 Å². The van der Waals surface area contributed by atoms with Crippen molar-refractivity contribution in [2.75, 3.05) is 0 Å². The van der Waals surface area contributed by atoms with Gasteiger partial charge in [0, 0.05) is 11.3 Å². The van der Waals surface area contributed by atoms with E-state index in [1.807, 2.05) is 12.1 Å². The first-order chi connectivity index (χ1) is 17.0. The smallest absolute Gasteiger partial charge is 0.238 e. The summed E-state index contributed by atoms with van der Waals surface area (Å²) in [5.74, 6) is 0.825. The monoisotopic (exact) mass is 501 g/mol. The predicted molar refractivity (Wildman–Crippen MR) is 149 cm³/mol. The molecule has 2 heterocycles. The molecule has 3 aromatic rings. The second-order valence-electron chi connectivity index (χ2n) is 10.3. The maximum atomic E-state index is 13.7. The van der Waals surface area contributed by atoms with E-state index in [-0.39, 0.29) is 11.2 Å². The molecule has 5 rings (SSSR count). The minimum Gasteiger partial charge on any atom is -0.341 e. The van der Waals surface area contributed by atoms with E-state index >= 15 is 0 Å². The molecular weight excluding hydrogens is 466 g/mol. The first-order valence-electron chi connectivity index (χ1n) is 12.9. The van der Waals surface area contributed by atoms with Crippen LogP contribution in [-0.4, -0.2) is 11.2 Å². The molecule has 4 heteroatoms. The third-order valence-corrected chi connectivity index (χ3v) is 9.89. The van der Waals surface area contributed by atoms with E-state index in [1.165, 1.54) is 55.2 Å². The third kappa shape index (κ3) is 5.29. The molecule has 1 aromatic heterocycles. The fraction of sp³-hybridized carbons (Fsp3) is 0.387. The van der Waals surface area contributed by atoms with Crippen LogP contribution in [0.5, 0.6) is 0 Å². The van der Waals surface area contributed by atoms with Crippen LogP contribution in [0.4, 0.5) is 0 Å². The standard InChI is InChI=1S/C31H35NOS2/c1-22-10-7-8-15-28(22)35-29-23(2)20-31(32-30(29)33,27-16-17-34-21-27)26-14-9-13-25(19-26)18-24-11-5-3-4-6-12-24/h7-10,13-17,19,21,24,29H,2-6,11-12,18,20H2,1H3,(H,32,33). The van der Waals surface area contributed by atoms with Crippen LogP contribution < -0.4 is 5.32 Å². The number of rotatable bonds is 6.